The highest BCUT2D eigenvalue weighted by Crippen LogP contribution is 2.53. The largest absolute Gasteiger partial charge is 0.457 e. The fourth-order valence-corrected chi connectivity index (χ4v) is 3.30. The third-order valence-electron chi connectivity index (χ3n) is 3.11. The molecule has 0 amide bonds. The molecular formula is C15H20ClN2O6P. The van der Waals surface area contributed by atoms with Crippen LogP contribution in [-0.4, -0.2) is 41.1 Å². The normalized spacial score (nSPS) is 14.4. The van der Waals surface area contributed by atoms with Crippen molar-refractivity contribution in [3.63, 3.8) is 0 Å². The van der Waals surface area contributed by atoms with E-state index in [-0.39, 0.29) is 5.56 Å². The van der Waals surface area contributed by atoms with Crippen molar-refractivity contribution in [2.45, 2.75) is 32.0 Å². The summed E-state index contributed by atoms with van der Waals surface area (Å²) in [5, 5.41) is 11.5. The molecule has 0 spiro atoms. The molecule has 0 radical (unpaired) electrons. The van der Waals surface area contributed by atoms with Crippen molar-refractivity contribution >= 4 is 30.6 Å². The van der Waals surface area contributed by atoms with E-state index in [9.17, 15) is 20.0 Å². The quantitative estimate of drug-likeness (QED) is 0.262. The highest BCUT2D eigenvalue weighted by atomic mass is 35.5. The Morgan fingerprint density at radius 1 is 1.20 bits per heavy atom. The van der Waals surface area contributed by atoms with Gasteiger partial charge in [0.1, 0.15) is 5.60 Å². The molecule has 1 aromatic carbocycles. The molecule has 10 heteroatoms. The predicted octanol–water partition coefficient (Wildman–Crippen LogP) is 2.98. The van der Waals surface area contributed by atoms with Gasteiger partial charge in [-0.2, -0.15) is 4.79 Å². The van der Waals surface area contributed by atoms with Gasteiger partial charge in [0.25, 0.3) is 5.60 Å². The van der Waals surface area contributed by atoms with Crippen LogP contribution in [0, 0.1) is 0 Å². The SMILES string of the molecule is COP(=O)(OC)C(=[N+]=[N-])[C@](O)(C(=O)OC(C)(C)C)c1ccc(Cl)cc1. The topological polar surface area (TPSA) is 118 Å². The average Bonchev–Trinajstić information content (AvgIpc) is 2.53. The van der Waals surface area contributed by atoms with Crippen molar-refractivity contribution in [2.75, 3.05) is 14.2 Å². The maximum Gasteiger partial charge on any atom is 0.441 e. The summed E-state index contributed by atoms with van der Waals surface area (Å²) in [4.78, 5) is 15.6. The Hall–Kier alpha value is -1.53. The minimum atomic E-state index is -4.29. The first kappa shape index (κ1) is 21.5. The zero-order valence-corrected chi connectivity index (χ0v) is 16.2. The first-order chi connectivity index (χ1) is 11.4. The first-order valence-electron chi connectivity index (χ1n) is 7.11. The van der Waals surface area contributed by atoms with Crippen LogP contribution in [0.25, 0.3) is 5.53 Å². The third-order valence-corrected chi connectivity index (χ3v) is 5.26. The fraction of sp³-hybridized carbons (Fsp3) is 0.467. The molecule has 25 heavy (non-hydrogen) atoms. The number of hydrogen-bond acceptors (Lipinski definition) is 6. The number of aliphatic hydroxyl groups is 1. The van der Waals surface area contributed by atoms with Crippen molar-refractivity contribution < 1.29 is 33.0 Å². The Labute approximate surface area is 150 Å². The summed E-state index contributed by atoms with van der Waals surface area (Å²) in [6.45, 7) is 4.74. The maximum absolute atomic E-state index is 12.7. The molecule has 0 aliphatic heterocycles. The number of halogens is 1. The van der Waals surface area contributed by atoms with E-state index in [1.807, 2.05) is 0 Å². The molecule has 1 atom stereocenters. The molecular weight excluding hydrogens is 371 g/mol. The highest BCUT2D eigenvalue weighted by molar-refractivity contribution is 7.72. The number of carbonyl (C=O) groups excluding carboxylic acids is 1. The molecule has 1 N–H and O–H groups in total. The minimum Gasteiger partial charge on any atom is -0.457 e. The summed E-state index contributed by atoms with van der Waals surface area (Å²) in [5.74, 6) is -1.22. The van der Waals surface area contributed by atoms with Gasteiger partial charge in [-0.25, -0.2) is 9.36 Å². The van der Waals surface area contributed by atoms with E-state index >= 15 is 0 Å². The third kappa shape index (κ3) is 4.55. The lowest BCUT2D eigenvalue weighted by atomic mass is 9.94. The fourth-order valence-electron chi connectivity index (χ4n) is 1.95. The molecule has 0 heterocycles. The smallest absolute Gasteiger partial charge is 0.441 e. The van der Waals surface area contributed by atoms with Crippen molar-refractivity contribution in [2.24, 2.45) is 0 Å². The molecule has 0 aromatic heterocycles. The Morgan fingerprint density at radius 2 is 1.68 bits per heavy atom. The summed E-state index contributed by atoms with van der Waals surface area (Å²) < 4.78 is 27.4. The van der Waals surface area contributed by atoms with E-state index in [0.29, 0.717) is 5.02 Å². The van der Waals surface area contributed by atoms with Gasteiger partial charge in [0.05, 0.1) is 0 Å². The number of esters is 1. The molecule has 0 saturated heterocycles. The molecule has 0 aliphatic carbocycles. The van der Waals surface area contributed by atoms with Gasteiger partial charge in [0.15, 0.2) is 0 Å². The lowest BCUT2D eigenvalue weighted by molar-refractivity contribution is -0.173. The molecule has 0 unspecified atom stereocenters. The summed E-state index contributed by atoms with van der Waals surface area (Å²) in [6, 6.07) is 5.39. The minimum absolute atomic E-state index is 0.0896. The molecule has 8 nitrogen and oxygen atoms in total. The maximum atomic E-state index is 12.7. The Morgan fingerprint density at radius 3 is 2.04 bits per heavy atom. The van der Waals surface area contributed by atoms with Crippen LogP contribution in [-0.2, 0) is 28.7 Å². The van der Waals surface area contributed by atoms with E-state index in [2.05, 4.69) is 4.79 Å². The number of carbonyl (C=O) groups is 1. The number of rotatable bonds is 6. The van der Waals surface area contributed by atoms with E-state index in [1.165, 1.54) is 24.3 Å². The van der Waals surface area contributed by atoms with Crippen molar-refractivity contribution in [1.82, 2.24) is 0 Å². The molecule has 0 saturated carbocycles. The molecule has 0 aliphatic rings. The Kier molecular flexibility index (Phi) is 6.70. The van der Waals surface area contributed by atoms with Gasteiger partial charge in [-0.3, -0.25) is 0 Å². The molecule has 1 rings (SSSR count). The van der Waals surface area contributed by atoms with Crippen LogP contribution in [0.15, 0.2) is 24.3 Å². The predicted molar refractivity (Wildman–Crippen MR) is 91.4 cm³/mol. The lowest BCUT2D eigenvalue weighted by Crippen LogP contribution is -2.48. The number of ether oxygens (including phenoxy) is 1. The van der Waals surface area contributed by atoms with Crippen LogP contribution in [0.5, 0.6) is 0 Å². The Bertz CT molecular complexity index is 731. The zero-order chi connectivity index (χ0) is 19.5. The van der Waals surface area contributed by atoms with Gasteiger partial charge in [-0.05, 0) is 32.9 Å². The lowest BCUT2D eigenvalue weighted by Gasteiger charge is -2.28. The van der Waals surface area contributed by atoms with Gasteiger partial charge in [0.2, 0.25) is 0 Å². The second-order valence-electron chi connectivity index (χ2n) is 6.01. The summed E-state index contributed by atoms with van der Waals surface area (Å²) >= 11 is 5.82. The van der Waals surface area contributed by atoms with Crippen molar-refractivity contribution in [3.05, 3.63) is 40.4 Å². The summed E-state index contributed by atoms with van der Waals surface area (Å²) in [7, 11) is -2.25. The first-order valence-corrected chi connectivity index (χ1v) is 9.03. The molecule has 1 aromatic rings. The van der Waals surface area contributed by atoms with Crippen LogP contribution < -0.4 is 0 Å². The summed E-state index contributed by atoms with van der Waals surface area (Å²) in [5.41, 5.74) is 4.65. The standard InChI is InChI=1S/C15H20ClN2O6P/c1-14(2,3)24-13(19)15(20,10-6-8-11(16)9-7-10)12(18-17)25(21,22-4)23-5/h6-9,20H,1-5H3/t15-/m0/s1. The van der Waals surface area contributed by atoms with Crippen LogP contribution in [0.4, 0.5) is 0 Å². The van der Waals surface area contributed by atoms with Gasteiger partial charge < -0.3 is 24.4 Å². The van der Waals surface area contributed by atoms with Crippen molar-refractivity contribution in [1.29, 1.82) is 0 Å². The van der Waals surface area contributed by atoms with E-state index in [0.717, 1.165) is 14.2 Å². The average molecular weight is 391 g/mol. The highest BCUT2D eigenvalue weighted by Gasteiger charge is 2.61. The molecule has 0 bridgehead atoms. The Balaban J connectivity index is 3.68. The van der Waals surface area contributed by atoms with Crippen LogP contribution in [0.1, 0.15) is 26.3 Å². The van der Waals surface area contributed by atoms with Gasteiger partial charge in [-0.1, -0.05) is 23.7 Å². The molecule has 138 valence electrons. The van der Waals surface area contributed by atoms with Gasteiger partial charge >= 0.3 is 19.0 Å². The second kappa shape index (κ2) is 7.79. The van der Waals surface area contributed by atoms with Gasteiger partial charge in [-0.15, -0.1) is 0 Å². The number of nitrogens with zero attached hydrogens (tertiary/aromatic N) is 2. The number of benzene rings is 1. The van der Waals surface area contributed by atoms with E-state index in [1.54, 1.807) is 20.8 Å². The van der Waals surface area contributed by atoms with Gasteiger partial charge in [0, 0.05) is 24.8 Å². The van der Waals surface area contributed by atoms with E-state index < -0.39 is 30.2 Å². The van der Waals surface area contributed by atoms with Crippen LogP contribution >= 0.6 is 19.2 Å². The van der Waals surface area contributed by atoms with Crippen LogP contribution in [0.3, 0.4) is 0 Å². The molecule has 0 fully saturated rings. The second-order valence-corrected chi connectivity index (χ2v) is 8.59. The van der Waals surface area contributed by atoms with E-state index in [4.69, 9.17) is 25.4 Å². The zero-order valence-electron chi connectivity index (χ0n) is 14.5. The van der Waals surface area contributed by atoms with Crippen molar-refractivity contribution in [3.8, 4) is 0 Å². The van der Waals surface area contributed by atoms with Crippen LogP contribution in [0.2, 0.25) is 5.02 Å². The summed E-state index contributed by atoms with van der Waals surface area (Å²) in [6.07, 6.45) is 0. The monoisotopic (exact) mass is 390 g/mol. The number of hydrogen-bond donors (Lipinski definition) is 1.